The second kappa shape index (κ2) is 7.58. The minimum Gasteiger partial charge on any atom is -0.377 e. The molecule has 0 bridgehead atoms. The SMILES string of the molecule is O=C(CCCOCc1ccccc1Br)c1cccs1. The van der Waals surface area contributed by atoms with Gasteiger partial charge in [-0.15, -0.1) is 11.3 Å². The van der Waals surface area contributed by atoms with Crippen LogP contribution in [0.25, 0.3) is 0 Å². The molecule has 0 aliphatic heterocycles. The summed E-state index contributed by atoms with van der Waals surface area (Å²) in [6.45, 7) is 1.19. The average molecular weight is 339 g/mol. The first-order chi connectivity index (χ1) is 9.27. The number of carbonyl (C=O) groups is 1. The molecule has 0 spiro atoms. The lowest BCUT2D eigenvalue weighted by atomic mass is 10.2. The second-order valence-electron chi connectivity index (χ2n) is 4.15. The first-order valence-corrected chi connectivity index (χ1v) is 7.82. The van der Waals surface area contributed by atoms with Crippen molar-refractivity contribution in [3.8, 4) is 0 Å². The number of ether oxygens (including phenoxy) is 1. The van der Waals surface area contributed by atoms with Gasteiger partial charge in [-0.05, 0) is 29.5 Å². The van der Waals surface area contributed by atoms with Gasteiger partial charge in [0.1, 0.15) is 0 Å². The molecule has 0 fully saturated rings. The van der Waals surface area contributed by atoms with E-state index in [1.807, 2.05) is 41.8 Å². The lowest BCUT2D eigenvalue weighted by molar-refractivity contribution is 0.0922. The van der Waals surface area contributed by atoms with Gasteiger partial charge >= 0.3 is 0 Å². The zero-order valence-electron chi connectivity index (χ0n) is 10.5. The van der Waals surface area contributed by atoms with Crippen LogP contribution in [-0.2, 0) is 11.3 Å². The zero-order chi connectivity index (χ0) is 13.5. The molecule has 19 heavy (non-hydrogen) atoms. The van der Waals surface area contributed by atoms with Crippen molar-refractivity contribution >= 4 is 33.0 Å². The number of ketones is 1. The Morgan fingerprint density at radius 3 is 2.79 bits per heavy atom. The minimum atomic E-state index is 0.208. The Bertz CT molecular complexity index is 523. The topological polar surface area (TPSA) is 26.3 Å². The summed E-state index contributed by atoms with van der Waals surface area (Å²) >= 11 is 4.98. The molecule has 0 N–H and O–H groups in total. The molecule has 0 aliphatic rings. The first-order valence-electron chi connectivity index (χ1n) is 6.15. The van der Waals surface area contributed by atoms with Crippen LogP contribution in [-0.4, -0.2) is 12.4 Å². The minimum absolute atomic E-state index is 0.208. The van der Waals surface area contributed by atoms with E-state index < -0.39 is 0 Å². The summed E-state index contributed by atoms with van der Waals surface area (Å²) in [5, 5.41) is 1.93. The van der Waals surface area contributed by atoms with Crippen LogP contribution in [0.3, 0.4) is 0 Å². The number of hydrogen-bond acceptors (Lipinski definition) is 3. The van der Waals surface area contributed by atoms with Crippen LogP contribution in [0.5, 0.6) is 0 Å². The average Bonchev–Trinajstić information content (AvgIpc) is 2.94. The Labute approximate surface area is 125 Å². The van der Waals surface area contributed by atoms with Crippen LogP contribution in [0.15, 0.2) is 46.3 Å². The number of carbonyl (C=O) groups excluding carboxylic acids is 1. The van der Waals surface area contributed by atoms with Crippen molar-refractivity contribution < 1.29 is 9.53 Å². The number of rotatable bonds is 7. The highest BCUT2D eigenvalue weighted by Crippen LogP contribution is 2.17. The zero-order valence-corrected chi connectivity index (χ0v) is 12.9. The third-order valence-electron chi connectivity index (χ3n) is 2.70. The largest absolute Gasteiger partial charge is 0.377 e. The Morgan fingerprint density at radius 1 is 1.21 bits per heavy atom. The maximum Gasteiger partial charge on any atom is 0.172 e. The molecule has 0 amide bonds. The highest BCUT2D eigenvalue weighted by Gasteiger charge is 2.06. The molecule has 0 aliphatic carbocycles. The van der Waals surface area contributed by atoms with Gasteiger partial charge in [0.05, 0.1) is 11.5 Å². The quantitative estimate of drug-likeness (QED) is 0.540. The van der Waals surface area contributed by atoms with Crippen molar-refractivity contribution in [1.29, 1.82) is 0 Å². The molecule has 0 saturated carbocycles. The van der Waals surface area contributed by atoms with Crippen molar-refractivity contribution in [1.82, 2.24) is 0 Å². The van der Waals surface area contributed by atoms with E-state index >= 15 is 0 Å². The fraction of sp³-hybridized carbons (Fsp3) is 0.267. The van der Waals surface area contributed by atoms with Crippen LogP contribution in [0.1, 0.15) is 28.1 Å². The maximum atomic E-state index is 11.7. The number of hydrogen-bond donors (Lipinski definition) is 0. The maximum absolute atomic E-state index is 11.7. The number of benzene rings is 1. The highest BCUT2D eigenvalue weighted by atomic mass is 79.9. The van der Waals surface area contributed by atoms with Gasteiger partial charge in [-0.1, -0.05) is 40.2 Å². The molecule has 1 aromatic carbocycles. The first kappa shape index (κ1) is 14.4. The van der Waals surface area contributed by atoms with Gasteiger partial charge in [0.2, 0.25) is 0 Å². The predicted octanol–water partition coefficient (Wildman–Crippen LogP) is 4.69. The fourth-order valence-corrected chi connectivity index (χ4v) is 2.79. The summed E-state index contributed by atoms with van der Waals surface area (Å²) in [5.74, 6) is 0.208. The molecule has 2 aromatic rings. The summed E-state index contributed by atoms with van der Waals surface area (Å²) < 4.78 is 6.65. The normalized spacial score (nSPS) is 10.6. The fourth-order valence-electron chi connectivity index (χ4n) is 1.69. The molecule has 2 nitrogen and oxygen atoms in total. The predicted molar refractivity (Wildman–Crippen MR) is 81.7 cm³/mol. The molecular formula is C15H15BrO2S. The molecule has 100 valence electrons. The second-order valence-corrected chi connectivity index (χ2v) is 5.95. The van der Waals surface area contributed by atoms with Gasteiger partial charge in [0.15, 0.2) is 5.78 Å². The number of Topliss-reactive ketones (excluding diaryl/α,β-unsaturated/α-hetero) is 1. The van der Waals surface area contributed by atoms with E-state index in [0.29, 0.717) is 19.6 Å². The van der Waals surface area contributed by atoms with Crippen LogP contribution in [0, 0.1) is 0 Å². The van der Waals surface area contributed by atoms with Crippen LogP contribution < -0.4 is 0 Å². The van der Waals surface area contributed by atoms with Gasteiger partial charge < -0.3 is 4.74 Å². The van der Waals surface area contributed by atoms with E-state index in [9.17, 15) is 4.79 Å². The summed E-state index contributed by atoms with van der Waals surface area (Å²) in [6, 6.07) is 11.8. The van der Waals surface area contributed by atoms with Gasteiger partial charge in [-0.3, -0.25) is 4.79 Å². The van der Waals surface area contributed by atoms with E-state index in [0.717, 1.165) is 21.3 Å². The van der Waals surface area contributed by atoms with Crippen molar-refractivity contribution in [2.45, 2.75) is 19.4 Å². The molecule has 4 heteroatoms. The smallest absolute Gasteiger partial charge is 0.172 e. The molecule has 0 unspecified atom stereocenters. The van der Waals surface area contributed by atoms with Crippen LogP contribution in [0.2, 0.25) is 0 Å². The van der Waals surface area contributed by atoms with Crippen molar-refractivity contribution in [3.63, 3.8) is 0 Å². The standard InChI is InChI=1S/C15H15BrO2S/c16-13-6-2-1-5-12(13)11-18-9-3-7-14(17)15-8-4-10-19-15/h1-2,4-6,8,10H,3,7,9,11H2. The molecule has 0 radical (unpaired) electrons. The Morgan fingerprint density at radius 2 is 2.05 bits per heavy atom. The number of halogens is 1. The van der Waals surface area contributed by atoms with Crippen LogP contribution >= 0.6 is 27.3 Å². The Balaban J connectivity index is 1.65. The van der Waals surface area contributed by atoms with Crippen LogP contribution in [0.4, 0.5) is 0 Å². The third-order valence-corrected chi connectivity index (χ3v) is 4.39. The van der Waals surface area contributed by atoms with Crippen molar-refractivity contribution in [2.75, 3.05) is 6.61 Å². The molecule has 0 saturated heterocycles. The van der Waals surface area contributed by atoms with E-state index in [1.165, 1.54) is 11.3 Å². The lowest BCUT2D eigenvalue weighted by Crippen LogP contribution is -2.01. The van der Waals surface area contributed by atoms with E-state index in [2.05, 4.69) is 15.9 Å². The van der Waals surface area contributed by atoms with Crippen molar-refractivity contribution in [3.05, 3.63) is 56.7 Å². The molecule has 1 heterocycles. The van der Waals surface area contributed by atoms with E-state index in [1.54, 1.807) is 0 Å². The van der Waals surface area contributed by atoms with Gasteiger partial charge in [0, 0.05) is 17.5 Å². The summed E-state index contributed by atoms with van der Waals surface area (Å²) in [4.78, 5) is 12.6. The van der Waals surface area contributed by atoms with Gasteiger partial charge in [0.25, 0.3) is 0 Å². The Hall–Kier alpha value is -0.970. The molecule has 1 aromatic heterocycles. The third kappa shape index (κ3) is 4.56. The molecular weight excluding hydrogens is 324 g/mol. The molecule has 2 rings (SSSR count). The monoisotopic (exact) mass is 338 g/mol. The van der Waals surface area contributed by atoms with Gasteiger partial charge in [-0.25, -0.2) is 0 Å². The summed E-state index contributed by atoms with van der Waals surface area (Å²) in [7, 11) is 0. The molecule has 0 atom stereocenters. The van der Waals surface area contributed by atoms with E-state index in [-0.39, 0.29) is 5.78 Å². The Kier molecular flexibility index (Phi) is 5.76. The van der Waals surface area contributed by atoms with E-state index in [4.69, 9.17) is 4.74 Å². The highest BCUT2D eigenvalue weighted by molar-refractivity contribution is 9.10. The lowest BCUT2D eigenvalue weighted by Gasteiger charge is -2.05. The summed E-state index contributed by atoms with van der Waals surface area (Å²) in [6.07, 6.45) is 1.32. The van der Waals surface area contributed by atoms with Crippen molar-refractivity contribution in [2.24, 2.45) is 0 Å². The number of thiophene rings is 1. The van der Waals surface area contributed by atoms with Gasteiger partial charge in [-0.2, -0.15) is 0 Å². The summed E-state index contributed by atoms with van der Waals surface area (Å²) in [5.41, 5.74) is 1.13.